The molecule has 0 spiro atoms. The molecule has 0 aliphatic rings. The minimum atomic E-state index is -1.04. The quantitative estimate of drug-likeness (QED) is 0.217. The van der Waals surface area contributed by atoms with E-state index in [4.69, 9.17) is 10.8 Å². The van der Waals surface area contributed by atoms with Crippen molar-refractivity contribution >= 4 is 41.1 Å². The first kappa shape index (κ1) is 23.9. The molecule has 0 bridgehead atoms. The highest BCUT2D eigenvalue weighted by Crippen LogP contribution is 2.15. The highest BCUT2D eigenvalue weighted by Gasteiger charge is 2.07. The maximum absolute atomic E-state index is 11.9. The molecule has 0 aliphatic carbocycles. The molecule has 0 fully saturated rings. The molecular formula is C21H22N8O5. The van der Waals surface area contributed by atoms with E-state index in [-0.39, 0.29) is 36.5 Å². The highest BCUT2D eigenvalue weighted by atomic mass is 16.4. The summed E-state index contributed by atoms with van der Waals surface area (Å²) < 4.78 is 0. The standard InChI is InChI=1S/C21H22N8O5/c22-9-16(30)23-11-17(31)25-14-5-1-12(2-6-14)10-24-19-27-20(29-21(34)28-19)26-15-7-3-13(4-8-15)18(32)33/h1-8H,9-11,22H2,(H,23,30)(H,25,31)(H,32,33)(H3,24,26,27,28,29,34). The van der Waals surface area contributed by atoms with Crippen LogP contribution in [-0.2, 0) is 16.1 Å². The fraction of sp³-hybridized carbons (Fsp3) is 0.143. The van der Waals surface area contributed by atoms with Crippen molar-refractivity contribution in [2.45, 2.75) is 6.54 Å². The number of aromatic carboxylic acids is 1. The summed E-state index contributed by atoms with van der Waals surface area (Å²) in [6, 6.07) is 12.8. The van der Waals surface area contributed by atoms with Gasteiger partial charge in [0.15, 0.2) is 0 Å². The number of rotatable bonds is 10. The van der Waals surface area contributed by atoms with Crippen molar-refractivity contribution in [1.82, 2.24) is 20.3 Å². The summed E-state index contributed by atoms with van der Waals surface area (Å²) in [4.78, 5) is 56.2. The number of anilines is 4. The van der Waals surface area contributed by atoms with Gasteiger partial charge in [-0.05, 0) is 42.0 Å². The second-order valence-corrected chi connectivity index (χ2v) is 6.91. The van der Waals surface area contributed by atoms with Crippen LogP contribution in [0.5, 0.6) is 0 Å². The zero-order valence-electron chi connectivity index (χ0n) is 17.8. The number of hydrogen-bond donors (Lipinski definition) is 7. The van der Waals surface area contributed by atoms with Gasteiger partial charge >= 0.3 is 11.7 Å². The second-order valence-electron chi connectivity index (χ2n) is 6.91. The third-order valence-electron chi connectivity index (χ3n) is 4.36. The van der Waals surface area contributed by atoms with Crippen LogP contribution in [0.2, 0.25) is 0 Å². The third-order valence-corrected chi connectivity index (χ3v) is 4.36. The maximum atomic E-state index is 11.9. The van der Waals surface area contributed by atoms with Gasteiger partial charge in [-0.2, -0.15) is 9.97 Å². The molecule has 13 nitrogen and oxygen atoms in total. The van der Waals surface area contributed by atoms with E-state index >= 15 is 0 Å². The van der Waals surface area contributed by atoms with Gasteiger partial charge in [-0.25, -0.2) is 9.59 Å². The van der Waals surface area contributed by atoms with E-state index in [0.29, 0.717) is 17.9 Å². The third kappa shape index (κ3) is 7.13. The Labute approximate surface area is 192 Å². The van der Waals surface area contributed by atoms with E-state index in [1.165, 1.54) is 12.1 Å². The van der Waals surface area contributed by atoms with Crippen LogP contribution in [0.1, 0.15) is 15.9 Å². The van der Waals surface area contributed by atoms with E-state index in [0.717, 1.165) is 5.56 Å². The number of aromatic nitrogens is 3. The first-order chi connectivity index (χ1) is 16.3. The predicted octanol–water partition coefficient (Wildman–Crippen LogP) is 0.232. The average Bonchev–Trinajstić information content (AvgIpc) is 2.82. The van der Waals surface area contributed by atoms with Crippen LogP contribution >= 0.6 is 0 Å². The molecule has 3 aromatic rings. The molecule has 34 heavy (non-hydrogen) atoms. The van der Waals surface area contributed by atoms with Gasteiger partial charge in [0.1, 0.15) is 0 Å². The molecule has 1 heterocycles. The lowest BCUT2D eigenvalue weighted by Gasteiger charge is -2.09. The normalized spacial score (nSPS) is 10.3. The SMILES string of the molecule is NCC(=O)NCC(=O)Nc1ccc(CNc2nc(Nc3ccc(C(=O)O)cc3)[nH]c(=O)n2)cc1. The van der Waals surface area contributed by atoms with Crippen molar-refractivity contribution < 1.29 is 19.5 Å². The number of nitrogens with one attached hydrogen (secondary N) is 5. The first-order valence-electron chi connectivity index (χ1n) is 10.0. The predicted molar refractivity (Wildman–Crippen MR) is 124 cm³/mol. The molecule has 0 radical (unpaired) electrons. The Morgan fingerprint density at radius 2 is 1.62 bits per heavy atom. The van der Waals surface area contributed by atoms with Crippen LogP contribution in [0.4, 0.5) is 23.3 Å². The van der Waals surface area contributed by atoms with Crippen LogP contribution in [0.25, 0.3) is 0 Å². The number of carbonyl (C=O) groups excluding carboxylic acids is 2. The van der Waals surface area contributed by atoms with Gasteiger partial charge in [0.25, 0.3) is 0 Å². The second kappa shape index (κ2) is 11.2. The molecule has 13 heteroatoms. The van der Waals surface area contributed by atoms with Gasteiger partial charge in [-0.1, -0.05) is 12.1 Å². The Balaban J connectivity index is 1.56. The number of carboxylic acids is 1. The molecule has 2 amide bonds. The lowest BCUT2D eigenvalue weighted by atomic mass is 10.2. The van der Waals surface area contributed by atoms with Crippen molar-refractivity contribution in [3.05, 3.63) is 70.1 Å². The van der Waals surface area contributed by atoms with Gasteiger partial charge in [0, 0.05) is 17.9 Å². The fourth-order valence-electron chi connectivity index (χ4n) is 2.70. The number of amides is 2. The van der Waals surface area contributed by atoms with E-state index in [1.807, 2.05) is 0 Å². The van der Waals surface area contributed by atoms with Crippen molar-refractivity contribution in [2.75, 3.05) is 29.0 Å². The van der Waals surface area contributed by atoms with Crippen molar-refractivity contribution in [1.29, 1.82) is 0 Å². The molecule has 1 aromatic heterocycles. The number of nitrogens with zero attached hydrogens (tertiary/aromatic N) is 2. The van der Waals surface area contributed by atoms with E-state index in [1.54, 1.807) is 36.4 Å². The van der Waals surface area contributed by atoms with Gasteiger partial charge in [0.2, 0.25) is 23.7 Å². The number of H-pyrrole nitrogens is 1. The maximum Gasteiger partial charge on any atom is 0.351 e. The summed E-state index contributed by atoms with van der Waals surface area (Å²) in [7, 11) is 0. The molecule has 8 N–H and O–H groups in total. The number of hydrogen-bond acceptors (Lipinski definition) is 9. The number of aromatic amines is 1. The lowest BCUT2D eigenvalue weighted by molar-refractivity contribution is -0.123. The topological polar surface area (TPSA) is 204 Å². The molecule has 0 unspecified atom stereocenters. The van der Waals surface area contributed by atoms with E-state index < -0.39 is 17.6 Å². The Kier molecular flexibility index (Phi) is 7.86. The minimum absolute atomic E-state index is 0.0847. The lowest BCUT2D eigenvalue weighted by Crippen LogP contribution is -2.36. The summed E-state index contributed by atoms with van der Waals surface area (Å²) in [5, 5.41) is 19.8. The molecular weight excluding hydrogens is 444 g/mol. The molecule has 0 aliphatic heterocycles. The molecule has 0 saturated carbocycles. The smallest absolute Gasteiger partial charge is 0.351 e. The number of carboxylic acid groups (broad SMARTS) is 1. The zero-order valence-corrected chi connectivity index (χ0v) is 17.8. The number of benzene rings is 2. The monoisotopic (exact) mass is 466 g/mol. The fourth-order valence-corrected chi connectivity index (χ4v) is 2.70. The summed E-state index contributed by atoms with van der Waals surface area (Å²) in [6.07, 6.45) is 0. The van der Waals surface area contributed by atoms with Crippen LogP contribution in [0.15, 0.2) is 53.3 Å². The summed E-state index contributed by atoms with van der Waals surface area (Å²) in [5.74, 6) is -1.64. The molecule has 2 aromatic carbocycles. The average molecular weight is 466 g/mol. The highest BCUT2D eigenvalue weighted by molar-refractivity contribution is 5.94. The van der Waals surface area contributed by atoms with E-state index in [9.17, 15) is 19.2 Å². The molecule has 176 valence electrons. The molecule has 0 atom stereocenters. The summed E-state index contributed by atoms with van der Waals surface area (Å²) in [6.45, 7) is -0.0697. The zero-order chi connectivity index (χ0) is 24.5. The Morgan fingerprint density at radius 1 is 0.941 bits per heavy atom. The molecule has 0 saturated heterocycles. The van der Waals surface area contributed by atoms with Crippen molar-refractivity contribution in [3.8, 4) is 0 Å². The van der Waals surface area contributed by atoms with Crippen molar-refractivity contribution in [3.63, 3.8) is 0 Å². The molecule has 3 rings (SSSR count). The van der Waals surface area contributed by atoms with Crippen LogP contribution < -0.4 is 32.7 Å². The summed E-state index contributed by atoms with van der Waals surface area (Å²) in [5.41, 5.74) is 6.58. The Morgan fingerprint density at radius 3 is 2.26 bits per heavy atom. The van der Waals surface area contributed by atoms with Gasteiger partial charge in [-0.15, -0.1) is 0 Å². The van der Waals surface area contributed by atoms with Crippen molar-refractivity contribution in [2.24, 2.45) is 5.73 Å². The van der Waals surface area contributed by atoms with Crippen LogP contribution in [-0.4, -0.2) is 50.9 Å². The van der Waals surface area contributed by atoms with Crippen LogP contribution in [0.3, 0.4) is 0 Å². The Hall–Kier alpha value is -4.78. The van der Waals surface area contributed by atoms with Gasteiger partial charge in [0.05, 0.1) is 18.7 Å². The van der Waals surface area contributed by atoms with E-state index in [2.05, 4.69) is 36.2 Å². The summed E-state index contributed by atoms with van der Waals surface area (Å²) >= 11 is 0. The first-order valence-corrected chi connectivity index (χ1v) is 10.0. The van der Waals surface area contributed by atoms with Gasteiger partial charge < -0.3 is 32.1 Å². The largest absolute Gasteiger partial charge is 0.478 e. The minimum Gasteiger partial charge on any atom is -0.478 e. The Bertz CT molecular complexity index is 1230. The van der Waals surface area contributed by atoms with Crippen LogP contribution in [0, 0.1) is 0 Å². The number of nitrogens with two attached hydrogens (primary N) is 1. The van der Waals surface area contributed by atoms with Gasteiger partial charge in [-0.3, -0.25) is 14.6 Å². The number of carbonyl (C=O) groups is 3.